The van der Waals surface area contributed by atoms with Crippen LogP contribution in [0.5, 0.6) is 0 Å². The molecule has 2 saturated carbocycles. The molecule has 15 N–H and O–H groups in total. The minimum atomic E-state index is -1.49. The first-order valence-electron chi connectivity index (χ1n) is 15.0. The van der Waals surface area contributed by atoms with Gasteiger partial charge in [0, 0.05) is 18.6 Å². The molecule has 0 radical (unpaired) electrons. The van der Waals surface area contributed by atoms with Gasteiger partial charge in [0.25, 0.3) is 0 Å². The molecule has 3 fully saturated rings. The molecular formula is C27H51N7O9. The maximum absolute atomic E-state index is 12.6. The molecule has 0 aromatic rings. The molecule has 0 aromatic carbocycles. The number of nitrogens with two attached hydrogens (primary N) is 4. The summed E-state index contributed by atoms with van der Waals surface area (Å²) in [5, 5.41) is 52.0. The van der Waals surface area contributed by atoms with Crippen LogP contribution in [0.25, 0.3) is 0 Å². The summed E-state index contributed by atoms with van der Waals surface area (Å²) in [7, 11) is 1.58. The zero-order valence-corrected chi connectivity index (χ0v) is 24.9. The van der Waals surface area contributed by atoms with Crippen molar-refractivity contribution in [2.75, 3.05) is 33.3 Å². The van der Waals surface area contributed by atoms with E-state index in [4.69, 9.17) is 41.9 Å². The van der Waals surface area contributed by atoms with Gasteiger partial charge in [-0.3, -0.25) is 4.79 Å². The number of ether oxygens (including phenoxy) is 4. The second-order valence-corrected chi connectivity index (χ2v) is 12.5. The quantitative estimate of drug-likeness (QED) is 0.0978. The Morgan fingerprint density at radius 2 is 1.81 bits per heavy atom. The zero-order valence-electron chi connectivity index (χ0n) is 24.9. The Bertz CT molecular complexity index is 956. The Labute approximate surface area is 251 Å². The SMILES string of the molecule is CN[C@@H]1[C@@H](O)[C@@H](O[C@@H]2[C@@H](O)[C@H](O[C@H]3OC(CNC[C@H]4C[C@H](N)C4)=CC[C@H]3N)[C@@H](N)C[C@H]2NC(=O)[C@@H](O)CN)OC[C@]1(C)O. The molecule has 1 amide bonds. The Hall–Kier alpha value is -1.51. The topological polar surface area (TPSA) is 275 Å². The lowest BCUT2D eigenvalue weighted by molar-refractivity contribution is -0.304. The maximum atomic E-state index is 12.6. The molecule has 43 heavy (non-hydrogen) atoms. The lowest BCUT2D eigenvalue weighted by atomic mass is 9.81. The van der Waals surface area contributed by atoms with Gasteiger partial charge < -0.3 is 78.3 Å². The van der Waals surface area contributed by atoms with E-state index in [0.29, 0.717) is 24.6 Å². The van der Waals surface area contributed by atoms with Crippen LogP contribution in [0.4, 0.5) is 0 Å². The van der Waals surface area contributed by atoms with E-state index in [1.165, 1.54) is 6.92 Å². The highest BCUT2D eigenvalue weighted by molar-refractivity contribution is 5.81. The van der Waals surface area contributed by atoms with Gasteiger partial charge in [0.1, 0.15) is 41.9 Å². The summed E-state index contributed by atoms with van der Waals surface area (Å²) in [6.45, 7) is 2.32. The number of carbonyl (C=O) groups excluding carboxylic acids is 1. The third kappa shape index (κ3) is 8.21. The van der Waals surface area contributed by atoms with Crippen LogP contribution >= 0.6 is 0 Å². The fourth-order valence-corrected chi connectivity index (χ4v) is 6.26. The maximum Gasteiger partial charge on any atom is 0.250 e. The molecule has 2 heterocycles. The Morgan fingerprint density at radius 1 is 1.12 bits per heavy atom. The van der Waals surface area contributed by atoms with Gasteiger partial charge in [-0.25, -0.2) is 0 Å². The normalized spacial score (nSPS) is 44.1. The number of aliphatic hydroxyl groups is 4. The van der Waals surface area contributed by atoms with Crippen molar-refractivity contribution in [3.05, 3.63) is 11.8 Å². The molecular weight excluding hydrogens is 566 g/mol. The van der Waals surface area contributed by atoms with Crippen molar-refractivity contribution in [3.63, 3.8) is 0 Å². The molecule has 2 aliphatic carbocycles. The van der Waals surface area contributed by atoms with E-state index in [-0.39, 0.29) is 25.6 Å². The summed E-state index contributed by atoms with van der Waals surface area (Å²) in [5.41, 5.74) is 22.7. The summed E-state index contributed by atoms with van der Waals surface area (Å²) in [6.07, 6.45) is -4.28. The van der Waals surface area contributed by atoms with Crippen LogP contribution in [-0.4, -0.2) is 139 Å². The standard InChI is InChI=1S/C27H51N7O9/c1-27(39)11-40-26(20(37)23(27)32-2)43-22-17(34-24(38)18(35)8-28)7-16(31)21(19(22)36)42-25-15(30)4-3-14(41-25)10-33-9-12-5-13(29)6-12/h3,12-13,15-23,25-26,32-33,35-37,39H,4-11,28-31H2,1-2H3,(H,34,38)/t12-,13-,15-,16+,17-,18+,19+,20-,21-,22+,23-,25-,26-,27+/m1/s1. The summed E-state index contributed by atoms with van der Waals surface area (Å²) in [4.78, 5) is 12.6. The molecule has 4 rings (SSSR count). The third-order valence-electron chi connectivity index (χ3n) is 8.83. The number of hydrogen-bond donors (Lipinski definition) is 11. The molecule has 1 saturated heterocycles. The molecule has 16 nitrogen and oxygen atoms in total. The summed E-state index contributed by atoms with van der Waals surface area (Å²) >= 11 is 0. The highest BCUT2D eigenvalue weighted by Crippen LogP contribution is 2.32. The lowest BCUT2D eigenvalue weighted by Gasteiger charge is -2.48. The second-order valence-electron chi connectivity index (χ2n) is 12.5. The fourth-order valence-electron chi connectivity index (χ4n) is 6.26. The summed E-state index contributed by atoms with van der Waals surface area (Å²) < 4.78 is 24.0. The molecule has 2 aliphatic heterocycles. The van der Waals surface area contributed by atoms with Gasteiger partial charge in [-0.05, 0) is 58.2 Å². The van der Waals surface area contributed by atoms with Crippen molar-refractivity contribution < 1.29 is 44.2 Å². The van der Waals surface area contributed by atoms with Crippen LogP contribution in [-0.2, 0) is 23.7 Å². The number of hydrogen-bond acceptors (Lipinski definition) is 15. The summed E-state index contributed by atoms with van der Waals surface area (Å²) in [6, 6.07) is -2.79. The molecule has 12 atom stereocenters. The van der Waals surface area contributed by atoms with Crippen molar-refractivity contribution in [2.45, 2.75) is 112 Å². The lowest BCUT2D eigenvalue weighted by Crippen LogP contribution is -2.69. The fraction of sp³-hybridized carbons (Fsp3) is 0.889. The molecule has 4 aliphatic rings. The largest absolute Gasteiger partial charge is 0.467 e. The van der Waals surface area contributed by atoms with E-state index in [1.54, 1.807) is 7.05 Å². The van der Waals surface area contributed by atoms with Gasteiger partial charge in [-0.15, -0.1) is 0 Å². The molecule has 0 bridgehead atoms. The number of amides is 1. The van der Waals surface area contributed by atoms with E-state index < -0.39 is 78.8 Å². The van der Waals surface area contributed by atoms with Crippen molar-refractivity contribution in [2.24, 2.45) is 28.9 Å². The number of aliphatic hydroxyl groups excluding tert-OH is 3. The van der Waals surface area contributed by atoms with E-state index in [9.17, 15) is 25.2 Å². The number of likely N-dealkylation sites (N-methyl/N-ethyl adjacent to an activating group) is 1. The highest BCUT2D eigenvalue weighted by Gasteiger charge is 2.52. The Balaban J connectivity index is 1.44. The van der Waals surface area contributed by atoms with Gasteiger partial charge in [0.2, 0.25) is 12.2 Å². The van der Waals surface area contributed by atoms with Crippen LogP contribution < -0.4 is 38.9 Å². The first kappa shape index (κ1) is 34.4. The van der Waals surface area contributed by atoms with E-state index in [0.717, 1.165) is 19.4 Å². The number of nitrogens with one attached hydrogen (secondary N) is 3. The first-order chi connectivity index (χ1) is 20.3. The minimum Gasteiger partial charge on any atom is -0.467 e. The Morgan fingerprint density at radius 3 is 2.47 bits per heavy atom. The van der Waals surface area contributed by atoms with Gasteiger partial charge in [-0.2, -0.15) is 0 Å². The third-order valence-corrected chi connectivity index (χ3v) is 8.83. The summed E-state index contributed by atoms with van der Waals surface area (Å²) in [5.74, 6) is 0.429. The smallest absolute Gasteiger partial charge is 0.250 e. The predicted molar refractivity (Wildman–Crippen MR) is 154 cm³/mol. The van der Waals surface area contributed by atoms with Gasteiger partial charge in [0.05, 0.1) is 31.3 Å². The van der Waals surface area contributed by atoms with Crippen LogP contribution in [0.1, 0.15) is 32.6 Å². The van der Waals surface area contributed by atoms with E-state index >= 15 is 0 Å². The minimum absolute atomic E-state index is 0.0706. The molecule has 0 spiro atoms. The van der Waals surface area contributed by atoms with Gasteiger partial charge in [0.15, 0.2) is 6.29 Å². The van der Waals surface area contributed by atoms with Crippen LogP contribution in [0.2, 0.25) is 0 Å². The predicted octanol–water partition coefficient (Wildman–Crippen LogP) is -5.01. The van der Waals surface area contributed by atoms with Crippen LogP contribution in [0.3, 0.4) is 0 Å². The van der Waals surface area contributed by atoms with E-state index in [1.807, 2.05) is 6.08 Å². The molecule has 248 valence electrons. The van der Waals surface area contributed by atoms with Crippen molar-refractivity contribution in [3.8, 4) is 0 Å². The molecule has 0 aromatic heterocycles. The average molecular weight is 618 g/mol. The van der Waals surface area contributed by atoms with E-state index in [2.05, 4.69) is 16.0 Å². The second kappa shape index (κ2) is 14.7. The van der Waals surface area contributed by atoms with Crippen molar-refractivity contribution >= 4 is 5.91 Å². The first-order valence-corrected chi connectivity index (χ1v) is 15.0. The van der Waals surface area contributed by atoms with Gasteiger partial charge >= 0.3 is 0 Å². The van der Waals surface area contributed by atoms with Crippen LogP contribution in [0.15, 0.2) is 11.8 Å². The van der Waals surface area contributed by atoms with Crippen molar-refractivity contribution in [1.82, 2.24) is 16.0 Å². The number of rotatable bonds is 12. The number of carbonyl (C=O) groups is 1. The van der Waals surface area contributed by atoms with Crippen LogP contribution in [0, 0.1) is 5.92 Å². The molecule has 0 unspecified atom stereocenters. The van der Waals surface area contributed by atoms with Gasteiger partial charge in [-0.1, -0.05) is 0 Å². The zero-order chi connectivity index (χ0) is 31.5. The van der Waals surface area contributed by atoms with Crippen molar-refractivity contribution in [1.29, 1.82) is 0 Å². The highest BCUT2D eigenvalue weighted by atomic mass is 16.7. The monoisotopic (exact) mass is 617 g/mol. The Kier molecular flexibility index (Phi) is 11.8. The molecule has 16 heteroatoms. The average Bonchev–Trinajstić information content (AvgIpc) is 2.94.